The lowest BCUT2D eigenvalue weighted by atomic mass is 10.1. The van der Waals surface area contributed by atoms with Crippen LogP contribution in [0.3, 0.4) is 0 Å². The minimum absolute atomic E-state index is 1.12. The summed E-state index contributed by atoms with van der Waals surface area (Å²) in [7, 11) is 4.32. The standard InChI is InChI=1S/C11H16N2/c1-9-5-4-6-10-11(9)13(3)8-7-12(10)2/h4-6H,7-8H2,1-3H3. The molecule has 0 bridgehead atoms. The van der Waals surface area contributed by atoms with Crippen molar-refractivity contribution in [1.82, 2.24) is 0 Å². The van der Waals surface area contributed by atoms with E-state index in [0.29, 0.717) is 0 Å². The first-order chi connectivity index (χ1) is 6.20. The van der Waals surface area contributed by atoms with E-state index in [2.05, 4.69) is 49.0 Å². The molecule has 0 amide bonds. The van der Waals surface area contributed by atoms with Crippen molar-refractivity contribution in [2.75, 3.05) is 37.0 Å². The van der Waals surface area contributed by atoms with Crippen LogP contribution < -0.4 is 9.80 Å². The number of likely N-dealkylation sites (N-methyl/N-ethyl adjacent to an activating group) is 2. The Kier molecular flexibility index (Phi) is 1.91. The lowest BCUT2D eigenvalue weighted by Gasteiger charge is -2.35. The summed E-state index contributed by atoms with van der Waals surface area (Å²) >= 11 is 0. The van der Waals surface area contributed by atoms with Crippen LogP contribution in [0, 0.1) is 6.92 Å². The highest BCUT2D eigenvalue weighted by molar-refractivity contribution is 5.76. The van der Waals surface area contributed by atoms with Gasteiger partial charge in [0.15, 0.2) is 0 Å². The first-order valence-electron chi connectivity index (χ1n) is 4.72. The fraction of sp³-hybridized carbons (Fsp3) is 0.455. The summed E-state index contributed by atoms with van der Waals surface area (Å²) in [6.07, 6.45) is 0. The van der Waals surface area contributed by atoms with Crippen molar-refractivity contribution in [3.8, 4) is 0 Å². The molecule has 1 aliphatic heterocycles. The van der Waals surface area contributed by atoms with Gasteiger partial charge in [-0.1, -0.05) is 12.1 Å². The summed E-state index contributed by atoms with van der Waals surface area (Å²) in [5.41, 5.74) is 4.11. The average Bonchev–Trinajstić information content (AvgIpc) is 2.12. The maximum atomic E-state index is 2.34. The maximum absolute atomic E-state index is 2.34. The van der Waals surface area contributed by atoms with Gasteiger partial charge in [0.05, 0.1) is 11.4 Å². The van der Waals surface area contributed by atoms with E-state index in [0.717, 1.165) is 13.1 Å². The van der Waals surface area contributed by atoms with E-state index in [1.165, 1.54) is 16.9 Å². The van der Waals surface area contributed by atoms with E-state index in [1.807, 2.05) is 0 Å². The van der Waals surface area contributed by atoms with Crippen LogP contribution in [0.15, 0.2) is 18.2 Å². The highest BCUT2D eigenvalue weighted by Gasteiger charge is 2.18. The van der Waals surface area contributed by atoms with Crippen LogP contribution in [0.25, 0.3) is 0 Å². The van der Waals surface area contributed by atoms with Crippen LogP contribution in [0.1, 0.15) is 5.56 Å². The SMILES string of the molecule is Cc1cccc2c1N(C)CCN2C. The third-order valence-electron chi connectivity index (χ3n) is 2.78. The second kappa shape index (κ2) is 2.95. The molecule has 1 aliphatic rings. The van der Waals surface area contributed by atoms with Crippen LogP contribution in [-0.2, 0) is 0 Å². The van der Waals surface area contributed by atoms with Gasteiger partial charge < -0.3 is 9.80 Å². The van der Waals surface area contributed by atoms with E-state index in [4.69, 9.17) is 0 Å². The minimum Gasteiger partial charge on any atom is -0.371 e. The molecule has 0 fully saturated rings. The fourth-order valence-corrected chi connectivity index (χ4v) is 1.98. The number of nitrogens with zero attached hydrogens (tertiary/aromatic N) is 2. The second-order valence-corrected chi connectivity index (χ2v) is 3.79. The van der Waals surface area contributed by atoms with Gasteiger partial charge in [-0.05, 0) is 18.6 Å². The summed E-state index contributed by atoms with van der Waals surface area (Å²) in [5.74, 6) is 0. The van der Waals surface area contributed by atoms with E-state index in [9.17, 15) is 0 Å². The predicted octanol–water partition coefficient (Wildman–Crippen LogP) is 1.88. The molecule has 0 saturated heterocycles. The Balaban J connectivity index is 2.56. The van der Waals surface area contributed by atoms with Crippen LogP contribution in [0.2, 0.25) is 0 Å². The molecule has 0 aliphatic carbocycles. The normalized spacial score (nSPS) is 15.9. The number of anilines is 2. The predicted molar refractivity (Wildman–Crippen MR) is 57.7 cm³/mol. The third kappa shape index (κ3) is 1.26. The van der Waals surface area contributed by atoms with Gasteiger partial charge in [-0.25, -0.2) is 0 Å². The van der Waals surface area contributed by atoms with Gasteiger partial charge in [0.2, 0.25) is 0 Å². The number of hydrogen-bond acceptors (Lipinski definition) is 2. The molecular formula is C11H16N2. The number of hydrogen-bond donors (Lipinski definition) is 0. The molecule has 2 rings (SSSR count). The number of rotatable bonds is 0. The topological polar surface area (TPSA) is 6.48 Å². The van der Waals surface area contributed by atoms with Gasteiger partial charge in [0.25, 0.3) is 0 Å². The average molecular weight is 176 g/mol. The van der Waals surface area contributed by atoms with Gasteiger partial charge >= 0.3 is 0 Å². The van der Waals surface area contributed by atoms with Crippen molar-refractivity contribution in [3.63, 3.8) is 0 Å². The Hall–Kier alpha value is -1.18. The Bertz CT molecular complexity index is 320. The van der Waals surface area contributed by atoms with Crippen molar-refractivity contribution in [1.29, 1.82) is 0 Å². The number of aryl methyl sites for hydroxylation is 1. The maximum Gasteiger partial charge on any atom is 0.0631 e. The van der Waals surface area contributed by atoms with Crippen molar-refractivity contribution in [2.24, 2.45) is 0 Å². The molecule has 70 valence electrons. The molecule has 2 nitrogen and oxygen atoms in total. The Morgan fingerprint density at radius 3 is 2.46 bits per heavy atom. The van der Waals surface area contributed by atoms with Gasteiger partial charge in [-0.3, -0.25) is 0 Å². The molecule has 0 aromatic heterocycles. The van der Waals surface area contributed by atoms with Crippen LogP contribution in [-0.4, -0.2) is 27.2 Å². The van der Waals surface area contributed by atoms with E-state index in [1.54, 1.807) is 0 Å². The Morgan fingerprint density at radius 1 is 1.08 bits per heavy atom. The van der Waals surface area contributed by atoms with E-state index in [-0.39, 0.29) is 0 Å². The molecule has 0 saturated carbocycles. The largest absolute Gasteiger partial charge is 0.371 e. The summed E-state index contributed by atoms with van der Waals surface area (Å²) in [6.45, 7) is 4.41. The number of para-hydroxylation sites is 1. The molecule has 1 aromatic rings. The van der Waals surface area contributed by atoms with Crippen LogP contribution in [0.5, 0.6) is 0 Å². The first kappa shape index (κ1) is 8.42. The zero-order chi connectivity index (χ0) is 9.42. The molecule has 0 spiro atoms. The molecule has 2 heteroatoms. The Labute approximate surface area is 79.8 Å². The highest BCUT2D eigenvalue weighted by atomic mass is 15.2. The molecule has 0 atom stereocenters. The van der Waals surface area contributed by atoms with Gasteiger partial charge in [-0.15, -0.1) is 0 Å². The molecule has 13 heavy (non-hydrogen) atoms. The van der Waals surface area contributed by atoms with Gasteiger partial charge in [0, 0.05) is 27.2 Å². The number of benzene rings is 1. The second-order valence-electron chi connectivity index (χ2n) is 3.79. The number of fused-ring (bicyclic) bond motifs is 1. The monoisotopic (exact) mass is 176 g/mol. The van der Waals surface area contributed by atoms with Crippen LogP contribution >= 0.6 is 0 Å². The molecule has 0 radical (unpaired) electrons. The van der Waals surface area contributed by atoms with Gasteiger partial charge in [-0.2, -0.15) is 0 Å². The van der Waals surface area contributed by atoms with E-state index >= 15 is 0 Å². The van der Waals surface area contributed by atoms with Crippen molar-refractivity contribution in [2.45, 2.75) is 6.92 Å². The van der Waals surface area contributed by atoms with Crippen molar-refractivity contribution in [3.05, 3.63) is 23.8 Å². The molecule has 0 unspecified atom stereocenters. The molecule has 0 N–H and O–H groups in total. The molecule has 1 aromatic carbocycles. The summed E-state index contributed by atoms with van der Waals surface area (Å²) in [4.78, 5) is 4.66. The third-order valence-corrected chi connectivity index (χ3v) is 2.78. The summed E-state index contributed by atoms with van der Waals surface area (Å²) < 4.78 is 0. The first-order valence-corrected chi connectivity index (χ1v) is 4.72. The molecule has 1 heterocycles. The quantitative estimate of drug-likeness (QED) is 0.595. The van der Waals surface area contributed by atoms with Crippen molar-refractivity contribution >= 4 is 11.4 Å². The van der Waals surface area contributed by atoms with Gasteiger partial charge in [0.1, 0.15) is 0 Å². The zero-order valence-corrected chi connectivity index (χ0v) is 8.54. The summed E-state index contributed by atoms with van der Waals surface area (Å²) in [5, 5.41) is 0. The fourth-order valence-electron chi connectivity index (χ4n) is 1.98. The van der Waals surface area contributed by atoms with Crippen LogP contribution in [0.4, 0.5) is 11.4 Å². The summed E-state index contributed by atoms with van der Waals surface area (Å²) in [6, 6.07) is 6.50. The van der Waals surface area contributed by atoms with E-state index < -0.39 is 0 Å². The molecular weight excluding hydrogens is 160 g/mol. The smallest absolute Gasteiger partial charge is 0.0631 e. The highest BCUT2D eigenvalue weighted by Crippen LogP contribution is 2.33. The lowest BCUT2D eigenvalue weighted by Crippen LogP contribution is -2.37. The lowest BCUT2D eigenvalue weighted by molar-refractivity contribution is 0.794. The minimum atomic E-state index is 1.12. The van der Waals surface area contributed by atoms with Crippen molar-refractivity contribution < 1.29 is 0 Å². The zero-order valence-electron chi connectivity index (χ0n) is 8.54. The Morgan fingerprint density at radius 2 is 1.77 bits per heavy atom.